The van der Waals surface area contributed by atoms with Crippen LogP contribution in [0.2, 0.25) is 0 Å². The molecule has 0 aromatic carbocycles. The van der Waals surface area contributed by atoms with Crippen molar-refractivity contribution in [2.45, 2.75) is 32.2 Å². The van der Waals surface area contributed by atoms with Crippen LogP contribution in [-0.2, 0) is 22.6 Å². The monoisotopic (exact) mass is 357 g/mol. The van der Waals surface area contributed by atoms with E-state index in [0.717, 1.165) is 24.8 Å². The van der Waals surface area contributed by atoms with Crippen LogP contribution in [0.15, 0.2) is 42.0 Å². The molecule has 5 nitrogen and oxygen atoms in total. The second kappa shape index (κ2) is 8.76. The summed E-state index contributed by atoms with van der Waals surface area (Å²) >= 11 is 1.69. The van der Waals surface area contributed by atoms with Crippen molar-refractivity contribution in [3.8, 4) is 0 Å². The summed E-state index contributed by atoms with van der Waals surface area (Å²) in [4.78, 5) is 31.8. The molecule has 2 aromatic rings. The molecule has 0 atom stereocenters. The number of hydrogen-bond donors (Lipinski definition) is 1. The molecule has 0 radical (unpaired) electrons. The molecule has 1 N–H and O–H groups in total. The van der Waals surface area contributed by atoms with Crippen LogP contribution in [0.1, 0.15) is 29.7 Å². The molecule has 2 aromatic heterocycles. The Morgan fingerprint density at radius 3 is 2.76 bits per heavy atom. The van der Waals surface area contributed by atoms with Gasteiger partial charge in [0, 0.05) is 49.2 Å². The lowest BCUT2D eigenvalue weighted by Crippen LogP contribution is -2.43. The first-order valence-corrected chi connectivity index (χ1v) is 9.57. The molecule has 0 bridgehead atoms. The zero-order valence-corrected chi connectivity index (χ0v) is 15.0. The van der Waals surface area contributed by atoms with E-state index in [9.17, 15) is 9.59 Å². The molecule has 132 valence electrons. The van der Waals surface area contributed by atoms with Crippen molar-refractivity contribution in [2.24, 2.45) is 5.92 Å². The van der Waals surface area contributed by atoms with Crippen LogP contribution in [0.3, 0.4) is 0 Å². The molecule has 1 fully saturated rings. The lowest BCUT2D eigenvalue weighted by atomic mass is 9.95. The highest BCUT2D eigenvalue weighted by Gasteiger charge is 2.26. The first-order chi connectivity index (χ1) is 12.2. The van der Waals surface area contributed by atoms with Gasteiger partial charge in [-0.05, 0) is 42.3 Å². The fraction of sp³-hybridized carbons (Fsp3) is 0.421. The topological polar surface area (TPSA) is 62.3 Å². The summed E-state index contributed by atoms with van der Waals surface area (Å²) in [6, 6.07) is 7.89. The van der Waals surface area contributed by atoms with Crippen molar-refractivity contribution < 1.29 is 9.59 Å². The highest BCUT2D eigenvalue weighted by atomic mass is 32.1. The zero-order chi connectivity index (χ0) is 17.5. The second-order valence-corrected chi connectivity index (χ2v) is 7.35. The number of likely N-dealkylation sites (tertiary alicyclic amines) is 1. The summed E-state index contributed by atoms with van der Waals surface area (Å²) in [6.07, 6.45) is 6.32. The number of aryl methyl sites for hydroxylation is 1. The third kappa shape index (κ3) is 5.13. The van der Waals surface area contributed by atoms with Gasteiger partial charge in [0.15, 0.2) is 0 Å². The van der Waals surface area contributed by atoms with Crippen molar-refractivity contribution in [3.05, 3.63) is 52.5 Å². The van der Waals surface area contributed by atoms with Gasteiger partial charge in [0.05, 0.1) is 0 Å². The van der Waals surface area contributed by atoms with E-state index in [1.807, 2.05) is 28.5 Å². The SMILES string of the molecule is O=C(NCc1cccnc1)C1CCN(C(=O)CCc2cccs2)CC1. The number of pyridine rings is 1. The normalized spacial score (nSPS) is 15.1. The van der Waals surface area contributed by atoms with E-state index in [4.69, 9.17) is 0 Å². The van der Waals surface area contributed by atoms with E-state index < -0.39 is 0 Å². The van der Waals surface area contributed by atoms with Crippen LogP contribution in [-0.4, -0.2) is 34.8 Å². The summed E-state index contributed by atoms with van der Waals surface area (Å²) in [6.45, 7) is 1.86. The molecule has 1 aliphatic rings. The Morgan fingerprint density at radius 2 is 2.08 bits per heavy atom. The number of nitrogens with zero attached hydrogens (tertiary/aromatic N) is 2. The van der Waals surface area contributed by atoms with E-state index in [1.54, 1.807) is 23.7 Å². The molecule has 25 heavy (non-hydrogen) atoms. The minimum atomic E-state index is -0.00184. The number of piperidine rings is 1. The summed E-state index contributed by atoms with van der Waals surface area (Å²) in [5.74, 6) is 0.273. The second-order valence-electron chi connectivity index (χ2n) is 6.31. The Bertz CT molecular complexity index is 680. The maximum atomic E-state index is 12.3. The zero-order valence-electron chi connectivity index (χ0n) is 14.2. The minimum Gasteiger partial charge on any atom is -0.352 e. The molecule has 3 rings (SSSR count). The molecule has 0 saturated carbocycles. The Balaban J connectivity index is 1.38. The number of thiophene rings is 1. The van der Waals surface area contributed by atoms with E-state index in [1.165, 1.54) is 4.88 Å². The first-order valence-electron chi connectivity index (χ1n) is 8.69. The van der Waals surface area contributed by atoms with Gasteiger partial charge in [0.1, 0.15) is 0 Å². The van der Waals surface area contributed by atoms with E-state index in [-0.39, 0.29) is 17.7 Å². The number of aromatic nitrogens is 1. The van der Waals surface area contributed by atoms with E-state index in [2.05, 4.69) is 16.4 Å². The van der Waals surface area contributed by atoms with Crippen LogP contribution in [0.4, 0.5) is 0 Å². The van der Waals surface area contributed by atoms with Crippen molar-refractivity contribution >= 4 is 23.2 Å². The van der Waals surface area contributed by atoms with Gasteiger partial charge >= 0.3 is 0 Å². The molecule has 1 saturated heterocycles. The fourth-order valence-corrected chi connectivity index (χ4v) is 3.78. The van der Waals surface area contributed by atoms with Gasteiger partial charge in [-0.25, -0.2) is 0 Å². The van der Waals surface area contributed by atoms with Crippen LogP contribution in [0.25, 0.3) is 0 Å². The predicted octanol–water partition coefficient (Wildman–Crippen LogP) is 2.63. The molecular weight excluding hydrogens is 334 g/mol. The molecule has 0 spiro atoms. The number of amides is 2. The number of nitrogens with one attached hydrogen (secondary N) is 1. The third-order valence-corrected chi connectivity index (χ3v) is 5.51. The number of carbonyl (C=O) groups excluding carboxylic acids is 2. The van der Waals surface area contributed by atoms with Crippen LogP contribution in [0.5, 0.6) is 0 Å². The van der Waals surface area contributed by atoms with E-state index in [0.29, 0.717) is 26.1 Å². The maximum absolute atomic E-state index is 12.3. The smallest absolute Gasteiger partial charge is 0.223 e. The van der Waals surface area contributed by atoms with Crippen molar-refractivity contribution in [1.82, 2.24) is 15.2 Å². The summed E-state index contributed by atoms with van der Waals surface area (Å²) in [5.41, 5.74) is 0.997. The average molecular weight is 357 g/mol. The van der Waals surface area contributed by atoms with Crippen LogP contribution in [0, 0.1) is 5.92 Å². The van der Waals surface area contributed by atoms with Crippen molar-refractivity contribution in [3.63, 3.8) is 0 Å². The van der Waals surface area contributed by atoms with E-state index >= 15 is 0 Å². The largest absolute Gasteiger partial charge is 0.352 e. The highest BCUT2D eigenvalue weighted by molar-refractivity contribution is 7.09. The lowest BCUT2D eigenvalue weighted by Gasteiger charge is -2.31. The predicted molar refractivity (Wildman–Crippen MR) is 98.0 cm³/mol. The van der Waals surface area contributed by atoms with Gasteiger partial charge in [-0.2, -0.15) is 0 Å². The van der Waals surface area contributed by atoms with Gasteiger partial charge in [-0.15, -0.1) is 11.3 Å². The Hall–Kier alpha value is -2.21. The molecule has 1 aliphatic heterocycles. The summed E-state index contributed by atoms with van der Waals surface area (Å²) in [7, 11) is 0. The van der Waals surface area contributed by atoms with Gasteiger partial charge < -0.3 is 10.2 Å². The summed E-state index contributed by atoms with van der Waals surface area (Å²) in [5, 5.41) is 5.01. The van der Waals surface area contributed by atoms with Gasteiger partial charge in [0.2, 0.25) is 11.8 Å². The maximum Gasteiger partial charge on any atom is 0.223 e. The van der Waals surface area contributed by atoms with Gasteiger partial charge in [0.25, 0.3) is 0 Å². The standard InChI is InChI=1S/C19H23N3O2S/c23-18(6-5-17-4-2-12-25-17)22-10-7-16(8-11-22)19(24)21-14-15-3-1-9-20-13-15/h1-4,9,12-13,16H,5-8,10-11,14H2,(H,21,24). The van der Waals surface area contributed by atoms with Crippen molar-refractivity contribution in [2.75, 3.05) is 13.1 Å². The fourth-order valence-electron chi connectivity index (χ4n) is 3.07. The molecule has 2 amide bonds. The number of hydrogen-bond acceptors (Lipinski definition) is 4. The van der Waals surface area contributed by atoms with Crippen LogP contribution >= 0.6 is 11.3 Å². The molecule has 0 aliphatic carbocycles. The summed E-state index contributed by atoms with van der Waals surface area (Å²) < 4.78 is 0. The highest BCUT2D eigenvalue weighted by Crippen LogP contribution is 2.19. The average Bonchev–Trinajstić information content (AvgIpc) is 3.19. The molecule has 0 unspecified atom stereocenters. The van der Waals surface area contributed by atoms with Gasteiger partial charge in [-0.1, -0.05) is 12.1 Å². The minimum absolute atomic E-state index is 0.00184. The molecule has 3 heterocycles. The number of carbonyl (C=O) groups is 2. The van der Waals surface area contributed by atoms with Crippen molar-refractivity contribution in [1.29, 1.82) is 0 Å². The van der Waals surface area contributed by atoms with Crippen LogP contribution < -0.4 is 5.32 Å². The molecular formula is C19H23N3O2S. The Labute approximate surface area is 152 Å². The first kappa shape index (κ1) is 17.6. The lowest BCUT2D eigenvalue weighted by molar-refractivity contribution is -0.135. The van der Waals surface area contributed by atoms with Gasteiger partial charge in [-0.3, -0.25) is 14.6 Å². The Morgan fingerprint density at radius 1 is 1.24 bits per heavy atom. The number of rotatable bonds is 6. The third-order valence-electron chi connectivity index (χ3n) is 4.57. The Kier molecular flexibility index (Phi) is 6.17. The molecule has 6 heteroatoms. The quantitative estimate of drug-likeness (QED) is 0.864.